The third-order valence-electron chi connectivity index (χ3n) is 2.49. The Balaban J connectivity index is 2.15. The first-order valence-corrected chi connectivity index (χ1v) is 6.80. The number of halogens is 2. The maximum atomic E-state index is 5.92. The van der Waals surface area contributed by atoms with Crippen LogP contribution in [0.25, 0.3) is 0 Å². The molecule has 17 heavy (non-hydrogen) atoms. The van der Waals surface area contributed by atoms with Crippen molar-refractivity contribution in [1.29, 1.82) is 0 Å². The van der Waals surface area contributed by atoms with Crippen molar-refractivity contribution in [3.8, 4) is 0 Å². The van der Waals surface area contributed by atoms with Crippen LogP contribution in [0, 0.1) is 10.5 Å². The first-order chi connectivity index (χ1) is 8.06. The molecule has 0 aliphatic heterocycles. The molecule has 0 amide bonds. The molecule has 4 heteroatoms. The van der Waals surface area contributed by atoms with Gasteiger partial charge in [0.15, 0.2) is 0 Å². The lowest BCUT2D eigenvalue weighted by Gasteiger charge is -2.14. The summed E-state index contributed by atoms with van der Waals surface area (Å²) in [6, 6.07) is 9.90. The zero-order chi connectivity index (χ0) is 12.4. The Kier molecular flexibility index (Phi) is 3.99. The third kappa shape index (κ3) is 3.16. The molecule has 0 saturated heterocycles. The van der Waals surface area contributed by atoms with Crippen molar-refractivity contribution in [2.24, 2.45) is 0 Å². The fourth-order valence-electron chi connectivity index (χ4n) is 1.60. The number of aryl methyl sites for hydroxylation is 1. The van der Waals surface area contributed by atoms with Gasteiger partial charge in [-0.2, -0.15) is 0 Å². The van der Waals surface area contributed by atoms with Crippen LogP contribution in [0.15, 0.2) is 34.7 Å². The van der Waals surface area contributed by atoms with E-state index in [4.69, 9.17) is 16.0 Å². The molecule has 1 unspecified atom stereocenters. The van der Waals surface area contributed by atoms with E-state index in [1.54, 1.807) is 0 Å². The Morgan fingerprint density at radius 2 is 2.06 bits per heavy atom. The maximum absolute atomic E-state index is 5.92. The van der Waals surface area contributed by atoms with Gasteiger partial charge in [0.2, 0.25) is 0 Å². The Labute approximate surface area is 119 Å². The summed E-state index contributed by atoms with van der Waals surface area (Å²) >= 11 is 8.19. The summed E-state index contributed by atoms with van der Waals surface area (Å²) in [5, 5.41) is 4.16. The molecule has 0 aliphatic rings. The van der Waals surface area contributed by atoms with Crippen molar-refractivity contribution in [1.82, 2.24) is 0 Å². The van der Waals surface area contributed by atoms with Crippen LogP contribution in [-0.4, -0.2) is 0 Å². The summed E-state index contributed by atoms with van der Waals surface area (Å²) in [5.74, 6) is 1.87. The van der Waals surface area contributed by atoms with Crippen molar-refractivity contribution in [2.45, 2.75) is 19.9 Å². The van der Waals surface area contributed by atoms with E-state index in [1.807, 2.05) is 37.3 Å². The molecule has 1 heterocycles. The van der Waals surface area contributed by atoms with Crippen LogP contribution in [0.1, 0.15) is 24.5 Å². The summed E-state index contributed by atoms with van der Waals surface area (Å²) in [4.78, 5) is 0. The van der Waals surface area contributed by atoms with Crippen LogP contribution in [0.4, 0.5) is 5.69 Å². The lowest BCUT2D eigenvalue weighted by molar-refractivity contribution is 0.467. The van der Waals surface area contributed by atoms with Crippen LogP contribution in [0.3, 0.4) is 0 Å². The number of benzene rings is 1. The number of hydrogen-bond donors (Lipinski definition) is 1. The standard InChI is InChI=1S/C13H13ClINO/c1-8-3-6-13(17-8)9(2)16-12-5-4-10(14)7-11(12)15/h3-7,9,16H,1-2H3. The Morgan fingerprint density at radius 3 is 2.65 bits per heavy atom. The van der Waals surface area contributed by atoms with Crippen LogP contribution < -0.4 is 5.32 Å². The van der Waals surface area contributed by atoms with Crippen LogP contribution in [0.2, 0.25) is 5.02 Å². The Bertz CT molecular complexity index is 524. The lowest BCUT2D eigenvalue weighted by Crippen LogP contribution is -2.06. The maximum Gasteiger partial charge on any atom is 0.126 e. The molecule has 0 bridgehead atoms. The second kappa shape index (κ2) is 5.31. The van der Waals surface area contributed by atoms with Gasteiger partial charge in [0, 0.05) is 14.3 Å². The first kappa shape index (κ1) is 12.8. The number of nitrogens with one attached hydrogen (secondary N) is 1. The molecule has 1 atom stereocenters. The largest absolute Gasteiger partial charge is 0.464 e. The van der Waals surface area contributed by atoms with E-state index in [0.717, 1.165) is 25.8 Å². The average molecular weight is 362 g/mol. The molecule has 0 radical (unpaired) electrons. The van der Waals surface area contributed by atoms with Gasteiger partial charge in [0.25, 0.3) is 0 Å². The molecular weight excluding hydrogens is 349 g/mol. The monoisotopic (exact) mass is 361 g/mol. The van der Waals surface area contributed by atoms with Gasteiger partial charge in [0.1, 0.15) is 11.5 Å². The van der Waals surface area contributed by atoms with Gasteiger partial charge in [-0.05, 0) is 66.8 Å². The fourth-order valence-corrected chi connectivity index (χ4v) is 2.62. The summed E-state index contributed by atoms with van der Waals surface area (Å²) in [5.41, 5.74) is 1.07. The molecule has 2 nitrogen and oxygen atoms in total. The van der Waals surface area contributed by atoms with Gasteiger partial charge in [-0.25, -0.2) is 0 Å². The molecule has 1 N–H and O–H groups in total. The highest BCUT2D eigenvalue weighted by Crippen LogP contribution is 2.26. The summed E-state index contributed by atoms with van der Waals surface area (Å²) in [6.07, 6.45) is 0. The first-order valence-electron chi connectivity index (χ1n) is 5.34. The van der Waals surface area contributed by atoms with Crippen molar-refractivity contribution in [3.05, 3.63) is 50.4 Å². The van der Waals surface area contributed by atoms with Crippen molar-refractivity contribution < 1.29 is 4.42 Å². The summed E-state index contributed by atoms with van der Waals surface area (Å²) in [6.45, 7) is 4.02. The predicted octanol–water partition coefficient (Wildman–Crippen LogP) is 5.02. The van der Waals surface area contributed by atoms with E-state index < -0.39 is 0 Å². The van der Waals surface area contributed by atoms with Gasteiger partial charge >= 0.3 is 0 Å². The minimum Gasteiger partial charge on any atom is -0.464 e. The van der Waals surface area contributed by atoms with E-state index >= 15 is 0 Å². The van der Waals surface area contributed by atoms with E-state index in [0.29, 0.717) is 0 Å². The van der Waals surface area contributed by atoms with E-state index in [1.165, 1.54) is 0 Å². The zero-order valence-corrected chi connectivity index (χ0v) is 12.5. The third-order valence-corrected chi connectivity index (χ3v) is 3.62. The summed E-state index contributed by atoms with van der Waals surface area (Å²) < 4.78 is 6.69. The molecule has 0 aliphatic carbocycles. The van der Waals surface area contributed by atoms with Crippen LogP contribution >= 0.6 is 34.2 Å². The second-order valence-corrected chi connectivity index (χ2v) is 5.54. The van der Waals surface area contributed by atoms with Crippen molar-refractivity contribution in [3.63, 3.8) is 0 Å². The Morgan fingerprint density at radius 1 is 1.29 bits per heavy atom. The van der Waals surface area contributed by atoms with Crippen LogP contribution in [-0.2, 0) is 0 Å². The topological polar surface area (TPSA) is 25.2 Å². The molecule has 0 fully saturated rings. The van der Waals surface area contributed by atoms with Crippen molar-refractivity contribution in [2.75, 3.05) is 5.32 Å². The molecule has 1 aromatic heterocycles. The number of furan rings is 1. The fraction of sp³-hybridized carbons (Fsp3) is 0.231. The van der Waals surface area contributed by atoms with E-state index in [9.17, 15) is 0 Å². The number of rotatable bonds is 3. The highest BCUT2D eigenvalue weighted by Gasteiger charge is 2.10. The second-order valence-electron chi connectivity index (χ2n) is 3.94. The quantitative estimate of drug-likeness (QED) is 0.777. The van der Waals surface area contributed by atoms with E-state index in [2.05, 4.69) is 34.8 Å². The zero-order valence-electron chi connectivity index (χ0n) is 9.63. The highest BCUT2D eigenvalue weighted by molar-refractivity contribution is 14.1. The predicted molar refractivity (Wildman–Crippen MR) is 79.7 cm³/mol. The molecule has 90 valence electrons. The lowest BCUT2D eigenvalue weighted by atomic mass is 10.2. The SMILES string of the molecule is Cc1ccc(C(C)Nc2ccc(Cl)cc2I)o1. The van der Waals surface area contributed by atoms with Gasteiger partial charge in [0.05, 0.1) is 6.04 Å². The highest BCUT2D eigenvalue weighted by atomic mass is 127. The molecule has 0 saturated carbocycles. The smallest absolute Gasteiger partial charge is 0.126 e. The van der Waals surface area contributed by atoms with E-state index in [-0.39, 0.29) is 6.04 Å². The van der Waals surface area contributed by atoms with Crippen molar-refractivity contribution >= 4 is 39.9 Å². The molecule has 2 rings (SSSR count). The van der Waals surface area contributed by atoms with Gasteiger partial charge in [-0.15, -0.1) is 0 Å². The van der Waals surface area contributed by atoms with Gasteiger partial charge in [-0.3, -0.25) is 0 Å². The molecule has 2 aromatic rings. The van der Waals surface area contributed by atoms with Gasteiger partial charge in [-0.1, -0.05) is 11.6 Å². The average Bonchev–Trinajstić information content (AvgIpc) is 2.69. The molecule has 1 aromatic carbocycles. The molecular formula is C13H13ClINO. The number of anilines is 1. The van der Waals surface area contributed by atoms with Gasteiger partial charge < -0.3 is 9.73 Å². The minimum atomic E-state index is 0.137. The normalized spacial score (nSPS) is 12.5. The molecule has 0 spiro atoms. The minimum absolute atomic E-state index is 0.137. The Hall–Kier alpha value is -0.680. The van der Waals surface area contributed by atoms with Crippen LogP contribution in [0.5, 0.6) is 0 Å². The summed E-state index contributed by atoms with van der Waals surface area (Å²) in [7, 11) is 0. The number of hydrogen-bond acceptors (Lipinski definition) is 2.